The molecule has 0 radical (unpaired) electrons. The summed E-state index contributed by atoms with van der Waals surface area (Å²) in [5.74, 6) is -0.441. The topological polar surface area (TPSA) is 116 Å². The van der Waals surface area contributed by atoms with Crippen LogP contribution < -0.4 is 11.1 Å². The number of carbonyl (C=O) groups excluding carboxylic acids is 1. The summed E-state index contributed by atoms with van der Waals surface area (Å²) < 4.78 is 1.82. The minimum atomic E-state index is -0.610. The molecule has 1 atom stereocenters. The first-order valence-electron chi connectivity index (χ1n) is 6.28. The molecule has 3 N–H and O–H groups in total. The average Bonchev–Trinajstić information content (AvgIpc) is 2.91. The molecule has 0 aliphatic rings. The van der Waals surface area contributed by atoms with Crippen LogP contribution in [0.1, 0.15) is 17.3 Å². The molecule has 1 aromatic carbocycles. The van der Waals surface area contributed by atoms with E-state index in [2.05, 4.69) is 10.3 Å². The highest BCUT2D eigenvalue weighted by atomic mass is 16.6. The molecule has 0 fully saturated rings. The van der Waals surface area contributed by atoms with E-state index in [0.717, 1.165) is 0 Å². The number of nitrogens with one attached hydrogen (secondary N) is 1. The Bertz CT molecular complexity index is 654. The van der Waals surface area contributed by atoms with Gasteiger partial charge in [0, 0.05) is 31.0 Å². The van der Waals surface area contributed by atoms with Gasteiger partial charge < -0.3 is 15.6 Å². The molecule has 1 heterocycles. The third-order valence-electron chi connectivity index (χ3n) is 2.95. The number of amides is 1. The van der Waals surface area contributed by atoms with Crippen molar-refractivity contribution in [3.05, 3.63) is 52.6 Å². The van der Waals surface area contributed by atoms with Gasteiger partial charge in [0.1, 0.15) is 5.69 Å². The van der Waals surface area contributed by atoms with Crippen molar-refractivity contribution in [2.75, 3.05) is 5.73 Å². The molecule has 8 nitrogen and oxygen atoms in total. The van der Waals surface area contributed by atoms with Crippen molar-refractivity contribution in [1.82, 2.24) is 14.9 Å². The van der Waals surface area contributed by atoms with Gasteiger partial charge in [-0.1, -0.05) is 6.07 Å². The first kappa shape index (κ1) is 14.5. The molecular weight excluding hydrogens is 274 g/mol. The molecule has 8 heteroatoms. The lowest BCUT2D eigenvalue weighted by atomic mass is 10.1. The fourth-order valence-corrected chi connectivity index (χ4v) is 1.97. The molecule has 0 aliphatic heterocycles. The molecule has 0 bridgehead atoms. The number of carbonyl (C=O) groups is 1. The summed E-state index contributed by atoms with van der Waals surface area (Å²) in [6.45, 7) is 2.37. The van der Waals surface area contributed by atoms with Crippen LogP contribution in [0.25, 0.3) is 0 Å². The van der Waals surface area contributed by atoms with Crippen LogP contribution >= 0.6 is 0 Å². The molecule has 1 aromatic heterocycles. The van der Waals surface area contributed by atoms with Gasteiger partial charge in [-0.2, -0.15) is 0 Å². The van der Waals surface area contributed by atoms with Gasteiger partial charge in [-0.15, -0.1) is 0 Å². The molecule has 0 spiro atoms. The Hall–Kier alpha value is -2.90. The molecule has 2 rings (SSSR count). The minimum absolute atomic E-state index is 0.0988. The number of nitro benzene ring substituents is 1. The lowest BCUT2D eigenvalue weighted by Gasteiger charge is -2.15. The number of imidazole rings is 1. The van der Waals surface area contributed by atoms with Crippen molar-refractivity contribution in [1.29, 1.82) is 0 Å². The molecule has 1 amide bonds. The van der Waals surface area contributed by atoms with E-state index in [0.29, 0.717) is 6.54 Å². The first-order chi connectivity index (χ1) is 9.99. The Morgan fingerprint density at radius 2 is 2.33 bits per heavy atom. The second-order valence-corrected chi connectivity index (χ2v) is 4.63. The van der Waals surface area contributed by atoms with Crippen molar-refractivity contribution in [2.24, 2.45) is 0 Å². The number of para-hydroxylation sites is 1. The summed E-state index contributed by atoms with van der Waals surface area (Å²) in [6, 6.07) is 3.98. The van der Waals surface area contributed by atoms with Gasteiger partial charge in [-0.05, 0) is 13.0 Å². The second-order valence-electron chi connectivity index (χ2n) is 4.63. The van der Waals surface area contributed by atoms with Gasteiger partial charge in [0.25, 0.3) is 11.6 Å². The molecule has 2 aromatic rings. The molecule has 0 aliphatic carbocycles. The minimum Gasteiger partial charge on any atom is -0.393 e. The fraction of sp³-hybridized carbons (Fsp3) is 0.231. The number of anilines is 1. The monoisotopic (exact) mass is 289 g/mol. The van der Waals surface area contributed by atoms with Gasteiger partial charge in [0.05, 0.1) is 16.8 Å². The Kier molecular flexibility index (Phi) is 4.17. The number of aromatic nitrogens is 2. The van der Waals surface area contributed by atoms with E-state index in [1.165, 1.54) is 18.2 Å². The second kappa shape index (κ2) is 6.04. The zero-order valence-electron chi connectivity index (χ0n) is 11.4. The van der Waals surface area contributed by atoms with Crippen LogP contribution in [0.4, 0.5) is 11.4 Å². The van der Waals surface area contributed by atoms with Gasteiger partial charge in [0.2, 0.25) is 0 Å². The molecule has 0 saturated heterocycles. The summed E-state index contributed by atoms with van der Waals surface area (Å²) in [5.41, 5.74) is 5.37. The van der Waals surface area contributed by atoms with Crippen molar-refractivity contribution < 1.29 is 9.72 Å². The SMILES string of the molecule is CC(Cn1ccnc1)NC(=O)c1cccc([N+](=O)[O-])c1N. The van der Waals surface area contributed by atoms with Crippen molar-refractivity contribution in [2.45, 2.75) is 19.5 Å². The number of hydrogen-bond donors (Lipinski definition) is 2. The quantitative estimate of drug-likeness (QED) is 0.487. The first-order valence-corrected chi connectivity index (χ1v) is 6.28. The molecular formula is C13H15N5O3. The number of nitrogens with zero attached hydrogens (tertiary/aromatic N) is 3. The zero-order valence-corrected chi connectivity index (χ0v) is 11.4. The predicted molar refractivity (Wildman–Crippen MR) is 76.7 cm³/mol. The van der Waals surface area contributed by atoms with Crippen molar-refractivity contribution >= 4 is 17.3 Å². The summed E-state index contributed by atoms with van der Waals surface area (Å²) in [7, 11) is 0. The maximum Gasteiger partial charge on any atom is 0.292 e. The number of nitrogens with two attached hydrogens (primary N) is 1. The zero-order chi connectivity index (χ0) is 15.4. The summed E-state index contributed by atoms with van der Waals surface area (Å²) >= 11 is 0. The van der Waals surface area contributed by atoms with E-state index in [1.807, 2.05) is 11.5 Å². The Labute approximate surface area is 120 Å². The van der Waals surface area contributed by atoms with Crippen molar-refractivity contribution in [3.63, 3.8) is 0 Å². The van der Waals surface area contributed by atoms with E-state index < -0.39 is 10.8 Å². The molecule has 110 valence electrons. The van der Waals surface area contributed by atoms with Crippen LogP contribution in [0.5, 0.6) is 0 Å². The molecule has 0 saturated carbocycles. The van der Waals surface area contributed by atoms with E-state index >= 15 is 0 Å². The summed E-state index contributed by atoms with van der Waals surface area (Å²) in [5, 5.41) is 13.6. The lowest BCUT2D eigenvalue weighted by Crippen LogP contribution is -2.35. The Balaban J connectivity index is 2.10. The molecule has 21 heavy (non-hydrogen) atoms. The standard InChI is InChI=1S/C13H15N5O3/c1-9(7-17-6-5-15-8-17)16-13(19)10-3-2-4-11(12(10)14)18(20)21/h2-6,8-9H,7,14H2,1H3,(H,16,19). The van der Waals surface area contributed by atoms with Crippen LogP contribution in [0, 0.1) is 10.1 Å². The van der Waals surface area contributed by atoms with Gasteiger partial charge in [-0.3, -0.25) is 14.9 Å². The number of hydrogen-bond acceptors (Lipinski definition) is 5. The van der Waals surface area contributed by atoms with Gasteiger partial charge in [-0.25, -0.2) is 4.98 Å². The van der Waals surface area contributed by atoms with Crippen LogP contribution in [0.3, 0.4) is 0 Å². The third kappa shape index (κ3) is 3.35. The van der Waals surface area contributed by atoms with Gasteiger partial charge in [0.15, 0.2) is 0 Å². The highest BCUT2D eigenvalue weighted by Gasteiger charge is 2.19. The van der Waals surface area contributed by atoms with Crippen LogP contribution in [-0.2, 0) is 6.54 Å². The largest absolute Gasteiger partial charge is 0.393 e. The maximum absolute atomic E-state index is 12.1. The van der Waals surface area contributed by atoms with Gasteiger partial charge >= 0.3 is 0 Å². The molecule has 1 unspecified atom stereocenters. The Morgan fingerprint density at radius 1 is 1.57 bits per heavy atom. The van der Waals surface area contributed by atoms with Crippen LogP contribution in [0.15, 0.2) is 36.9 Å². The fourth-order valence-electron chi connectivity index (χ4n) is 1.97. The maximum atomic E-state index is 12.1. The van der Waals surface area contributed by atoms with Crippen LogP contribution in [-0.4, -0.2) is 26.4 Å². The predicted octanol–water partition coefficient (Wildman–Crippen LogP) is 1.19. The summed E-state index contributed by atoms with van der Waals surface area (Å²) in [4.78, 5) is 26.3. The average molecular weight is 289 g/mol. The Morgan fingerprint density at radius 3 is 2.95 bits per heavy atom. The third-order valence-corrected chi connectivity index (χ3v) is 2.95. The van der Waals surface area contributed by atoms with E-state index in [9.17, 15) is 14.9 Å². The number of rotatable bonds is 5. The highest BCUT2D eigenvalue weighted by Crippen LogP contribution is 2.24. The normalized spacial score (nSPS) is 11.9. The highest BCUT2D eigenvalue weighted by molar-refractivity contribution is 6.01. The number of benzene rings is 1. The summed E-state index contributed by atoms with van der Waals surface area (Å²) in [6.07, 6.45) is 5.07. The number of nitro groups is 1. The van der Waals surface area contributed by atoms with Crippen molar-refractivity contribution in [3.8, 4) is 0 Å². The smallest absolute Gasteiger partial charge is 0.292 e. The van der Waals surface area contributed by atoms with E-state index in [4.69, 9.17) is 5.73 Å². The van der Waals surface area contributed by atoms with E-state index in [-0.39, 0.29) is 23.0 Å². The lowest BCUT2D eigenvalue weighted by molar-refractivity contribution is -0.383. The van der Waals surface area contributed by atoms with E-state index in [1.54, 1.807) is 18.7 Å². The van der Waals surface area contributed by atoms with Crippen LogP contribution in [0.2, 0.25) is 0 Å². The number of nitrogen functional groups attached to an aromatic ring is 1.